The van der Waals surface area contributed by atoms with Gasteiger partial charge in [0.1, 0.15) is 6.04 Å². The Hall–Kier alpha value is -1.97. The molecule has 2 N–H and O–H groups in total. The molecule has 0 aliphatic carbocycles. The van der Waals surface area contributed by atoms with Crippen molar-refractivity contribution in [3.05, 3.63) is 29.8 Å². The summed E-state index contributed by atoms with van der Waals surface area (Å²) in [7, 11) is -3.63. The van der Waals surface area contributed by atoms with E-state index in [1.165, 1.54) is 28.6 Å². The molecular formula is C17H24N2O6S. The third-order valence-electron chi connectivity index (χ3n) is 4.49. The second-order valence-electron chi connectivity index (χ2n) is 6.22. The fraction of sp³-hybridized carbons (Fsp3) is 0.529. The number of carbonyl (C=O) groups is 2. The lowest BCUT2D eigenvalue weighted by Gasteiger charge is -2.26. The van der Waals surface area contributed by atoms with E-state index in [-0.39, 0.29) is 16.4 Å². The van der Waals surface area contributed by atoms with Crippen molar-refractivity contribution in [3.63, 3.8) is 0 Å². The molecule has 0 bridgehead atoms. The van der Waals surface area contributed by atoms with Crippen molar-refractivity contribution in [2.45, 2.75) is 31.2 Å². The monoisotopic (exact) mass is 384 g/mol. The molecule has 1 amide bonds. The maximum Gasteiger partial charge on any atom is 0.326 e. The highest BCUT2D eigenvalue weighted by Gasteiger charge is 2.28. The number of hydrogen-bond acceptors (Lipinski definition) is 5. The number of ether oxygens (including phenoxy) is 1. The van der Waals surface area contributed by atoms with E-state index >= 15 is 0 Å². The van der Waals surface area contributed by atoms with Crippen molar-refractivity contribution < 1.29 is 27.9 Å². The first kappa shape index (κ1) is 20.3. The molecule has 2 atom stereocenters. The second kappa shape index (κ2) is 8.61. The highest BCUT2D eigenvalue weighted by molar-refractivity contribution is 7.89. The number of amides is 1. The molecule has 0 radical (unpaired) electrons. The molecule has 1 heterocycles. The zero-order valence-electron chi connectivity index (χ0n) is 14.8. The number of hydrogen-bond donors (Lipinski definition) is 2. The zero-order chi connectivity index (χ0) is 19.3. The Morgan fingerprint density at radius 2 is 1.81 bits per heavy atom. The predicted octanol–water partition coefficient (Wildman–Crippen LogP) is 0.937. The van der Waals surface area contributed by atoms with E-state index in [0.29, 0.717) is 32.7 Å². The lowest BCUT2D eigenvalue weighted by Crippen LogP contribution is -2.45. The number of nitrogens with one attached hydrogen (secondary N) is 1. The number of benzene rings is 1. The Kier molecular flexibility index (Phi) is 6.74. The Bertz CT molecular complexity index is 741. The average Bonchev–Trinajstić information content (AvgIpc) is 2.65. The van der Waals surface area contributed by atoms with Gasteiger partial charge < -0.3 is 15.2 Å². The van der Waals surface area contributed by atoms with Gasteiger partial charge in [-0.2, -0.15) is 4.31 Å². The summed E-state index contributed by atoms with van der Waals surface area (Å²) in [4.78, 5) is 23.7. The highest BCUT2D eigenvalue weighted by atomic mass is 32.2. The third kappa shape index (κ3) is 4.60. The molecule has 8 nitrogen and oxygen atoms in total. The van der Waals surface area contributed by atoms with Crippen LogP contribution < -0.4 is 5.32 Å². The van der Waals surface area contributed by atoms with Crippen LogP contribution in [-0.2, 0) is 19.6 Å². The molecule has 0 saturated carbocycles. The number of aliphatic carboxylic acids is 1. The van der Waals surface area contributed by atoms with Gasteiger partial charge in [-0.3, -0.25) is 4.79 Å². The number of carboxylic acid groups (broad SMARTS) is 1. The summed E-state index contributed by atoms with van der Waals surface area (Å²) >= 11 is 0. The van der Waals surface area contributed by atoms with Crippen LogP contribution in [0.25, 0.3) is 0 Å². The first-order valence-electron chi connectivity index (χ1n) is 8.49. The van der Waals surface area contributed by atoms with Crippen LogP contribution in [0.2, 0.25) is 0 Å². The fourth-order valence-corrected chi connectivity index (χ4v) is 4.03. The van der Waals surface area contributed by atoms with Crippen LogP contribution in [0.15, 0.2) is 29.2 Å². The van der Waals surface area contributed by atoms with E-state index in [4.69, 9.17) is 4.74 Å². The average molecular weight is 384 g/mol. The van der Waals surface area contributed by atoms with Gasteiger partial charge in [0.25, 0.3) is 5.91 Å². The molecule has 2 rings (SSSR count). The van der Waals surface area contributed by atoms with Gasteiger partial charge in [0.05, 0.1) is 18.1 Å². The zero-order valence-corrected chi connectivity index (χ0v) is 15.7. The molecule has 0 spiro atoms. The Labute approximate surface area is 153 Å². The van der Waals surface area contributed by atoms with Crippen molar-refractivity contribution in [2.24, 2.45) is 5.92 Å². The standard InChI is InChI=1S/C17H24N2O6S/c1-3-12(2)15(17(21)22)18-16(20)13-4-6-14(7-5-13)26(23,24)19-8-10-25-11-9-19/h4-7,12,15H,3,8-11H2,1-2H3,(H,18,20)(H,21,22). The van der Waals surface area contributed by atoms with Crippen molar-refractivity contribution in [1.29, 1.82) is 0 Å². The van der Waals surface area contributed by atoms with Crippen molar-refractivity contribution >= 4 is 21.9 Å². The van der Waals surface area contributed by atoms with Crippen molar-refractivity contribution in [3.8, 4) is 0 Å². The summed E-state index contributed by atoms with van der Waals surface area (Å²) in [5.41, 5.74) is 0.209. The second-order valence-corrected chi connectivity index (χ2v) is 8.15. The maximum absolute atomic E-state index is 12.6. The number of carboxylic acids is 1. The van der Waals surface area contributed by atoms with Crippen LogP contribution in [0, 0.1) is 5.92 Å². The molecule has 2 unspecified atom stereocenters. The van der Waals surface area contributed by atoms with Gasteiger partial charge in [-0.05, 0) is 30.2 Å². The summed E-state index contributed by atoms with van der Waals surface area (Å²) in [6.45, 7) is 4.88. The van der Waals surface area contributed by atoms with Crippen LogP contribution in [0.4, 0.5) is 0 Å². The van der Waals surface area contributed by atoms with Crippen LogP contribution in [0.3, 0.4) is 0 Å². The summed E-state index contributed by atoms with van der Waals surface area (Å²) in [6.07, 6.45) is 0.605. The molecule has 1 aromatic rings. The summed E-state index contributed by atoms with van der Waals surface area (Å²) < 4.78 is 31.6. The SMILES string of the molecule is CCC(C)C(NC(=O)c1ccc(S(=O)(=O)N2CCOCC2)cc1)C(=O)O. The molecule has 9 heteroatoms. The Morgan fingerprint density at radius 3 is 2.31 bits per heavy atom. The molecule has 0 aromatic heterocycles. The molecule has 1 aliphatic rings. The minimum absolute atomic E-state index is 0.0904. The normalized spacial score (nSPS) is 18.1. The van der Waals surface area contributed by atoms with Crippen molar-refractivity contribution in [2.75, 3.05) is 26.3 Å². The van der Waals surface area contributed by atoms with E-state index in [2.05, 4.69) is 5.32 Å². The molecule has 144 valence electrons. The summed E-state index contributed by atoms with van der Waals surface area (Å²) in [5, 5.41) is 11.7. The lowest BCUT2D eigenvalue weighted by atomic mass is 9.99. The lowest BCUT2D eigenvalue weighted by molar-refractivity contribution is -0.140. The first-order chi connectivity index (χ1) is 12.3. The molecular weight excluding hydrogens is 360 g/mol. The van der Waals surface area contributed by atoms with E-state index in [9.17, 15) is 23.1 Å². The van der Waals surface area contributed by atoms with Gasteiger partial charge in [0.15, 0.2) is 0 Å². The minimum atomic E-state index is -3.63. The molecule has 1 aromatic carbocycles. The number of morpholine rings is 1. The topological polar surface area (TPSA) is 113 Å². The smallest absolute Gasteiger partial charge is 0.326 e. The first-order valence-corrected chi connectivity index (χ1v) is 9.93. The van der Waals surface area contributed by atoms with E-state index in [1.54, 1.807) is 6.92 Å². The number of nitrogens with zero attached hydrogens (tertiary/aromatic N) is 1. The summed E-state index contributed by atoms with van der Waals surface area (Å²) in [5.74, 6) is -1.87. The van der Waals surface area contributed by atoms with Crippen LogP contribution in [-0.4, -0.2) is 62.1 Å². The summed E-state index contributed by atoms with van der Waals surface area (Å²) in [6, 6.07) is 4.50. The van der Waals surface area contributed by atoms with Gasteiger partial charge in [-0.25, -0.2) is 13.2 Å². The van der Waals surface area contributed by atoms with E-state index in [0.717, 1.165) is 0 Å². The van der Waals surface area contributed by atoms with E-state index < -0.39 is 27.9 Å². The fourth-order valence-electron chi connectivity index (χ4n) is 2.62. The molecule has 1 aliphatic heterocycles. The van der Waals surface area contributed by atoms with Gasteiger partial charge >= 0.3 is 5.97 Å². The van der Waals surface area contributed by atoms with Gasteiger partial charge in [-0.1, -0.05) is 20.3 Å². The maximum atomic E-state index is 12.6. The van der Waals surface area contributed by atoms with Gasteiger partial charge in [0, 0.05) is 18.7 Å². The quantitative estimate of drug-likeness (QED) is 0.723. The molecule has 1 fully saturated rings. The number of sulfonamides is 1. The number of carbonyl (C=O) groups excluding carboxylic acids is 1. The largest absolute Gasteiger partial charge is 0.480 e. The third-order valence-corrected chi connectivity index (χ3v) is 6.40. The Balaban J connectivity index is 2.13. The van der Waals surface area contributed by atoms with Crippen LogP contribution in [0.1, 0.15) is 30.6 Å². The molecule has 26 heavy (non-hydrogen) atoms. The van der Waals surface area contributed by atoms with Gasteiger partial charge in [-0.15, -0.1) is 0 Å². The Morgan fingerprint density at radius 1 is 1.23 bits per heavy atom. The van der Waals surface area contributed by atoms with E-state index in [1.807, 2.05) is 6.92 Å². The van der Waals surface area contributed by atoms with Crippen molar-refractivity contribution in [1.82, 2.24) is 9.62 Å². The number of rotatable bonds is 7. The van der Waals surface area contributed by atoms with Crippen LogP contribution >= 0.6 is 0 Å². The van der Waals surface area contributed by atoms with Gasteiger partial charge in [0.2, 0.25) is 10.0 Å². The molecule has 1 saturated heterocycles. The minimum Gasteiger partial charge on any atom is -0.480 e. The predicted molar refractivity (Wildman–Crippen MR) is 94.4 cm³/mol. The van der Waals surface area contributed by atoms with Crippen LogP contribution in [0.5, 0.6) is 0 Å². The highest BCUT2D eigenvalue weighted by Crippen LogP contribution is 2.18.